The van der Waals surface area contributed by atoms with E-state index in [2.05, 4.69) is 14.9 Å². The van der Waals surface area contributed by atoms with E-state index in [1.807, 2.05) is 0 Å². The second-order valence-electron chi connectivity index (χ2n) is 4.72. The third-order valence-electron chi connectivity index (χ3n) is 3.67. The lowest BCUT2D eigenvalue weighted by atomic mass is 10.2. The Balaban J connectivity index is 1.88. The number of H-pyrrole nitrogens is 1. The minimum absolute atomic E-state index is 0.0667. The van der Waals surface area contributed by atoms with Crippen LogP contribution in [0.2, 0.25) is 0 Å². The molecule has 3 rings (SSSR count). The molecule has 0 aromatic carbocycles. The molecule has 5 heteroatoms. The first-order valence-corrected chi connectivity index (χ1v) is 5.85. The van der Waals surface area contributed by atoms with Crippen molar-refractivity contribution < 1.29 is 0 Å². The number of nitrogens with two attached hydrogens (primary N) is 1. The molecule has 3 N–H and O–H groups in total. The molecule has 1 aromatic rings. The molecule has 0 bridgehead atoms. The Labute approximate surface area is 93.7 Å². The van der Waals surface area contributed by atoms with Crippen LogP contribution >= 0.6 is 0 Å². The van der Waals surface area contributed by atoms with Gasteiger partial charge in [0.15, 0.2) is 0 Å². The summed E-state index contributed by atoms with van der Waals surface area (Å²) in [6, 6.07) is 0.634. The molecule has 0 saturated heterocycles. The number of aromatic amines is 1. The molecular formula is C11H16N4O. The number of nitrogen functional groups attached to an aromatic ring is 1. The summed E-state index contributed by atoms with van der Waals surface area (Å²) < 4.78 is 0. The molecule has 1 fully saturated rings. The number of rotatable bonds is 1. The summed E-state index contributed by atoms with van der Waals surface area (Å²) in [5.41, 5.74) is 7.15. The zero-order valence-corrected chi connectivity index (χ0v) is 9.20. The van der Waals surface area contributed by atoms with Gasteiger partial charge in [-0.1, -0.05) is 12.8 Å². The average molecular weight is 220 g/mol. The molecule has 0 unspecified atom stereocenters. The first kappa shape index (κ1) is 9.84. The van der Waals surface area contributed by atoms with E-state index in [-0.39, 0.29) is 11.5 Å². The van der Waals surface area contributed by atoms with Crippen molar-refractivity contribution in [1.29, 1.82) is 0 Å². The van der Waals surface area contributed by atoms with Crippen molar-refractivity contribution in [2.45, 2.75) is 44.8 Å². The van der Waals surface area contributed by atoms with Crippen molar-refractivity contribution >= 4 is 5.95 Å². The lowest BCUT2D eigenvalue weighted by Gasteiger charge is -2.22. The highest BCUT2D eigenvalue weighted by Crippen LogP contribution is 2.29. The Morgan fingerprint density at radius 3 is 2.81 bits per heavy atom. The van der Waals surface area contributed by atoms with Gasteiger partial charge in [-0.3, -0.25) is 14.7 Å². The van der Waals surface area contributed by atoms with Crippen molar-refractivity contribution in [1.82, 2.24) is 14.9 Å². The lowest BCUT2D eigenvalue weighted by Crippen LogP contribution is -2.28. The van der Waals surface area contributed by atoms with E-state index >= 15 is 0 Å². The number of nitrogens with zero attached hydrogens (tertiary/aromatic N) is 2. The fourth-order valence-electron chi connectivity index (χ4n) is 2.84. The molecule has 1 aromatic heterocycles. The molecule has 0 radical (unpaired) electrons. The maximum absolute atomic E-state index is 11.7. The van der Waals surface area contributed by atoms with Crippen molar-refractivity contribution in [3.8, 4) is 0 Å². The van der Waals surface area contributed by atoms with E-state index < -0.39 is 0 Å². The molecule has 86 valence electrons. The van der Waals surface area contributed by atoms with Crippen LogP contribution in [0.4, 0.5) is 5.95 Å². The summed E-state index contributed by atoms with van der Waals surface area (Å²) >= 11 is 0. The summed E-state index contributed by atoms with van der Waals surface area (Å²) in [7, 11) is 0. The summed E-state index contributed by atoms with van der Waals surface area (Å²) in [6.07, 6.45) is 5.12. The average Bonchev–Trinajstić information content (AvgIpc) is 2.82. The number of nitrogens with one attached hydrogen (secondary N) is 1. The van der Waals surface area contributed by atoms with E-state index in [1.165, 1.54) is 25.7 Å². The number of aromatic nitrogens is 2. The number of hydrogen-bond donors (Lipinski definition) is 2. The molecule has 1 aliphatic carbocycles. The third-order valence-corrected chi connectivity index (χ3v) is 3.67. The van der Waals surface area contributed by atoms with Gasteiger partial charge >= 0.3 is 0 Å². The van der Waals surface area contributed by atoms with Gasteiger partial charge in [-0.05, 0) is 12.8 Å². The van der Waals surface area contributed by atoms with Gasteiger partial charge in [0, 0.05) is 19.1 Å². The Morgan fingerprint density at radius 1 is 1.31 bits per heavy atom. The third kappa shape index (κ3) is 1.51. The van der Waals surface area contributed by atoms with Gasteiger partial charge in [-0.15, -0.1) is 0 Å². The molecule has 0 spiro atoms. The Hall–Kier alpha value is -1.36. The van der Waals surface area contributed by atoms with Gasteiger partial charge < -0.3 is 5.73 Å². The molecular weight excluding hydrogens is 204 g/mol. The summed E-state index contributed by atoms with van der Waals surface area (Å²) in [6.45, 7) is 1.52. The first-order valence-electron chi connectivity index (χ1n) is 5.85. The Morgan fingerprint density at radius 2 is 2.06 bits per heavy atom. The number of hydrogen-bond acceptors (Lipinski definition) is 4. The molecule has 2 heterocycles. The van der Waals surface area contributed by atoms with Gasteiger partial charge in [0.05, 0.1) is 11.3 Å². The summed E-state index contributed by atoms with van der Waals surface area (Å²) in [4.78, 5) is 20.8. The fraction of sp³-hybridized carbons (Fsp3) is 0.636. The zero-order valence-electron chi connectivity index (χ0n) is 9.20. The highest BCUT2D eigenvalue weighted by Gasteiger charge is 2.30. The van der Waals surface area contributed by atoms with Crippen LogP contribution in [0.1, 0.15) is 36.9 Å². The maximum atomic E-state index is 11.7. The van der Waals surface area contributed by atoms with Crippen molar-refractivity contribution in [3.63, 3.8) is 0 Å². The molecule has 0 atom stereocenters. The molecule has 16 heavy (non-hydrogen) atoms. The highest BCUT2D eigenvalue weighted by atomic mass is 16.1. The lowest BCUT2D eigenvalue weighted by molar-refractivity contribution is 0.200. The SMILES string of the molecule is Nc1nc2c(c(=O)[nH]1)CN(C1CCCC1)C2. The minimum Gasteiger partial charge on any atom is -0.369 e. The van der Waals surface area contributed by atoms with E-state index in [1.54, 1.807) is 0 Å². The van der Waals surface area contributed by atoms with Crippen molar-refractivity contribution in [3.05, 3.63) is 21.6 Å². The maximum Gasteiger partial charge on any atom is 0.257 e. The fourth-order valence-corrected chi connectivity index (χ4v) is 2.84. The number of anilines is 1. The van der Waals surface area contributed by atoms with E-state index in [0.29, 0.717) is 6.04 Å². The topological polar surface area (TPSA) is 75.0 Å². The van der Waals surface area contributed by atoms with E-state index in [9.17, 15) is 4.79 Å². The summed E-state index contributed by atoms with van der Waals surface area (Å²) in [5.74, 6) is 0.233. The summed E-state index contributed by atoms with van der Waals surface area (Å²) in [5, 5.41) is 0. The second kappa shape index (κ2) is 3.59. The standard InChI is InChI=1S/C11H16N4O/c12-11-13-9-6-15(7-3-1-2-4-7)5-8(9)10(16)14-11/h7H,1-6H2,(H3,12,13,14,16). The van der Waals surface area contributed by atoms with Crippen LogP contribution in [-0.4, -0.2) is 20.9 Å². The molecule has 0 amide bonds. The number of fused-ring (bicyclic) bond motifs is 1. The van der Waals surface area contributed by atoms with Crippen LogP contribution in [0.25, 0.3) is 0 Å². The normalized spacial score (nSPS) is 21.5. The largest absolute Gasteiger partial charge is 0.369 e. The van der Waals surface area contributed by atoms with Crippen LogP contribution in [0.5, 0.6) is 0 Å². The molecule has 2 aliphatic rings. The van der Waals surface area contributed by atoms with Crippen LogP contribution < -0.4 is 11.3 Å². The molecule has 1 saturated carbocycles. The van der Waals surface area contributed by atoms with Gasteiger partial charge in [0.25, 0.3) is 5.56 Å². The van der Waals surface area contributed by atoms with E-state index in [0.717, 1.165) is 24.3 Å². The predicted molar refractivity (Wildman–Crippen MR) is 60.8 cm³/mol. The molecule has 5 nitrogen and oxygen atoms in total. The van der Waals surface area contributed by atoms with Crippen LogP contribution in [0.3, 0.4) is 0 Å². The highest BCUT2D eigenvalue weighted by molar-refractivity contribution is 5.28. The van der Waals surface area contributed by atoms with Crippen LogP contribution in [-0.2, 0) is 13.1 Å². The van der Waals surface area contributed by atoms with E-state index in [4.69, 9.17) is 5.73 Å². The quantitative estimate of drug-likeness (QED) is 0.727. The first-order chi connectivity index (χ1) is 7.74. The monoisotopic (exact) mass is 220 g/mol. The Kier molecular flexibility index (Phi) is 2.21. The van der Waals surface area contributed by atoms with Crippen molar-refractivity contribution in [2.75, 3.05) is 5.73 Å². The Bertz CT molecular complexity index is 462. The van der Waals surface area contributed by atoms with Crippen LogP contribution in [0, 0.1) is 0 Å². The van der Waals surface area contributed by atoms with Crippen LogP contribution in [0.15, 0.2) is 4.79 Å². The van der Waals surface area contributed by atoms with Crippen molar-refractivity contribution in [2.24, 2.45) is 0 Å². The van der Waals surface area contributed by atoms with Gasteiger partial charge in [0.2, 0.25) is 5.95 Å². The predicted octanol–water partition coefficient (Wildman–Crippen LogP) is 0.610. The molecule has 1 aliphatic heterocycles. The van der Waals surface area contributed by atoms with Gasteiger partial charge in [-0.2, -0.15) is 0 Å². The smallest absolute Gasteiger partial charge is 0.257 e. The minimum atomic E-state index is -0.0667. The second-order valence-corrected chi connectivity index (χ2v) is 4.72. The van der Waals surface area contributed by atoms with Gasteiger partial charge in [-0.25, -0.2) is 4.98 Å². The van der Waals surface area contributed by atoms with Gasteiger partial charge in [0.1, 0.15) is 0 Å². The zero-order chi connectivity index (χ0) is 11.1.